The molecule has 1 aliphatic rings. The molecule has 3 rings (SSSR count). The van der Waals surface area contributed by atoms with Crippen LogP contribution in [0, 0.1) is 0 Å². The third-order valence-corrected chi connectivity index (χ3v) is 4.59. The summed E-state index contributed by atoms with van der Waals surface area (Å²) in [5.74, 6) is 1.67. The molecule has 2 aromatic carbocycles. The molecule has 0 aromatic heterocycles. The number of rotatable bonds is 2. The fourth-order valence-corrected chi connectivity index (χ4v) is 3.40. The van der Waals surface area contributed by atoms with E-state index in [1.54, 1.807) is 18.9 Å². The van der Waals surface area contributed by atoms with Crippen molar-refractivity contribution in [2.24, 2.45) is 0 Å². The number of aliphatic hydroxyl groups is 1. The number of thioether (sulfide) groups is 1. The fourth-order valence-electron chi connectivity index (χ4n) is 2.31. The first-order valence-electron chi connectivity index (χ1n) is 6.52. The molecule has 1 heterocycles. The SMILES string of the molecule is COc1ccc(/C=C2\CSc3ccccc3C2O)cc1. The molecule has 2 aromatic rings. The zero-order chi connectivity index (χ0) is 13.9. The highest BCUT2D eigenvalue weighted by Gasteiger charge is 2.22. The second kappa shape index (κ2) is 5.73. The van der Waals surface area contributed by atoms with E-state index in [9.17, 15) is 5.11 Å². The Morgan fingerprint density at radius 1 is 1.15 bits per heavy atom. The summed E-state index contributed by atoms with van der Waals surface area (Å²) in [6.45, 7) is 0. The molecule has 1 atom stereocenters. The van der Waals surface area contributed by atoms with Crippen molar-refractivity contribution in [3.05, 3.63) is 65.2 Å². The van der Waals surface area contributed by atoms with Gasteiger partial charge in [-0.3, -0.25) is 0 Å². The summed E-state index contributed by atoms with van der Waals surface area (Å²) < 4.78 is 5.15. The average Bonchev–Trinajstić information content (AvgIpc) is 2.51. The minimum Gasteiger partial charge on any atom is -0.497 e. The molecule has 0 amide bonds. The lowest BCUT2D eigenvalue weighted by atomic mass is 10.00. The van der Waals surface area contributed by atoms with E-state index in [4.69, 9.17) is 4.74 Å². The smallest absolute Gasteiger partial charge is 0.118 e. The monoisotopic (exact) mass is 284 g/mol. The van der Waals surface area contributed by atoms with Gasteiger partial charge in [-0.2, -0.15) is 0 Å². The van der Waals surface area contributed by atoms with E-state index >= 15 is 0 Å². The third-order valence-electron chi connectivity index (χ3n) is 3.43. The first-order valence-corrected chi connectivity index (χ1v) is 7.51. The number of aliphatic hydroxyl groups excluding tert-OH is 1. The maximum absolute atomic E-state index is 10.5. The van der Waals surface area contributed by atoms with Crippen LogP contribution in [0.3, 0.4) is 0 Å². The Morgan fingerprint density at radius 2 is 1.90 bits per heavy atom. The van der Waals surface area contributed by atoms with Crippen molar-refractivity contribution in [2.75, 3.05) is 12.9 Å². The Labute approximate surface area is 123 Å². The van der Waals surface area contributed by atoms with Gasteiger partial charge in [-0.1, -0.05) is 36.4 Å². The van der Waals surface area contributed by atoms with Crippen molar-refractivity contribution in [3.63, 3.8) is 0 Å². The molecule has 1 N–H and O–H groups in total. The van der Waals surface area contributed by atoms with Gasteiger partial charge in [0.2, 0.25) is 0 Å². The predicted octanol–water partition coefficient (Wildman–Crippen LogP) is 3.92. The predicted molar refractivity (Wildman–Crippen MR) is 83.1 cm³/mol. The molecule has 0 spiro atoms. The van der Waals surface area contributed by atoms with Crippen molar-refractivity contribution in [3.8, 4) is 5.75 Å². The van der Waals surface area contributed by atoms with Gasteiger partial charge in [0, 0.05) is 10.6 Å². The molecule has 1 unspecified atom stereocenters. The molecular formula is C17H16O2S. The summed E-state index contributed by atoms with van der Waals surface area (Å²) in [5, 5.41) is 10.5. The van der Waals surface area contributed by atoms with Crippen molar-refractivity contribution >= 4 is 17.8 Å². The van der Waals surface area contributed by atoms with Crippen LogP contribution in [0.1, 0.15) is 17.2 Å². The summed E-state index contributed by atoms with van der Waals surface area (Å²) in [5.41, 5.74) is 3.13. The number of hydrogen-bond donors (Lipinski definition) is 1. The molecule has 1 aliphatic heterocycles. The van der Waals surface area contributed by atoms with Gasteiger partial charge in [-0.15, -0.1) is 11.8 Å². The van der Waals surface area contributed by atoms with Crippen molar-refractivity contribution < 1.29 is 9.84 Å². The summed E-state index contributed by atoms with van der Waals surface area (Å²) >= 11 is 1.77. The van der Waals surface area contributed by atoms with Crippen LogP contribution in [0.15, 0.2) is 59.0 Å². The van der Waals surface area contributed by atoms with E-state index in [1.165, 1.54) is 4.90 Å². The third kappa shape index (κ3) is 2.60. The van der Waals surface area contributed by atoms with Gasteiger partial charge in [0.15, 0.2) is 0 Å². The summed E-state index contributed by atoms with van der Waals surface area (Å²) in [4.78, 5) is 1.17. The van der Waals surface area contributed by atoms with E-state index in [0.29, 0.717) is 0 Å². The van der Waals surface area contributed by atoms with Crippen LogP contribution >= 0.6 is 11.8 Å². The maximum Gasteiger partial charge on any atom is 0.118 e. The summed E-state index contributed by atoms with van der Waals surface area (Å²) in [7, 11) is 1.66. The lowest BCUT2D eigenvalue weighted by molar-refractivity contribution is 0.213. The number of ether oxygens (including phenoxy) is 1. The Bertz CT molecular complexity index is 632. The first kappa shape index (κ1) is 13.3. The van der Waals surface area contributed by atoms with Gasteiger partial charge in [0.05, 0.1) is 7.11 Å². The summed E-state index contributed by atoms with van der Waals surface area (Å²) in [6.07, 6.45) is 1.56. The molecule has 0 saturated heterocycles. The van der Waals surface area contributed by atoms with E-state index < -0.39 is 6.10 Å². The highest BCUT2D eigenvalue weighted by Crippen LogP contribution is 2.39. The van der Waals surface area contributed by atoms with Gasteiger partial charge >= 0.3 is 0 Å². The first-order chi connectivity index (χ1) is 9.78. The molecule has 0 bridgehead atoms. The van der Waals surface area contributed by atoms with Gasteiger partial charge in [0.25, 0.3) is 0 Å². The minimum absolute atomic E-state index is 0.505. The zero-order valence-corrected chi connectivity index (χ0v) is 12.1. The molecular weight excluding hydrogens is 268 g/mol. The van der Waals surface area contributed by atoms with E-state index in [-0.39, 0.29) is 0 Å². The topological polar surface area (TPSA) is 29.5 Å². The molecule has 0 saturated carbocycles. The van der Waals surface area contributed by atoms with Gasteiger partial charge in [-0.25, -0.2) is 0 Å². The normalized spacial score (nSPS) is 19.7. The van der Waals surface area contributed by atoms with Crippen LogP contribution in [0.25, 0.3) is 6.08 Å². The van der Waals surface area contributed by atoms with Crippen LogP contribution in [0.4, 0.5) is 0 Å². The van der Waals surface area contributed by atoms with Crippen LogP contribution in [-0.4, -0.2) is 18.0 Å². The zero-order valence-electron chi connectivity index (χ0n) is 11.2. The second-order valence-corrected chi connectivity index (χ2v) is 5.74. The van der Waals surface area contributed by atoms with E-state index in [0.717, 1.165) is 28.2 Å². The lowest BCUT2D eigenvalue weighted by Gasteiger charge is -2.23. The van der Waals surface area contributed by atoms with Crippen molar-refractivity contribution in [1.29, 1.82) is 0 Å². The Kier molecular flexibility index (Phi) is 3.81. The minimum atomic E-state index is -0.505. The quantitative estimate of drug-likeness (QED) is 0.906. The summed E-state index contributed by atoms with van der Waals surface area (Å²) in [6, 6.07) is 15.9. The number of benzene rings is 2. The molecule has 102 valence electrons. The number of methoxy groups -OCH3 is 1. The molecule has 0 aliphatic carbocycles. The molecule has 20 heavy (non-hydrogen) atoms. The lowest BCUT2D eigenvalue weighted by Crippen LogP contribution is -2.10. The maximum atomic E-state index is 10.5. The number of fused-ring (bicyclic) bond motifs is 1. The average molecular weight is 284 g/mol. The van der Waals surface area contributed by atoms with Crippen molar-refractivity contribution in [1.82, 2.24) is 0 Å². The fraction of sp³-hybridized carbons (Fsp3) is 0.176. The largest absolute Gasteiger partial charge is 0.497 e. The second-order valence-electron chi connectivity index (χ2n) is 4.72. The van der Waals surface area contributed by atoms with Crippen molar-refractivity contribution in [2.45, 2.75) is 11.0 Å². The molecule has 3 heteroatoms. The molecule has 2 nitrogen and oxygen atoms in total. The Morgan fingerprint density at radius 3 is 2.65 bits per heavy atom. The molecule has 0 fully saturated rings. The van der Waals surface area contributed by atoms with Crippen LogP contribution in [0.2, 0.25) is 0 Å². The number of hydrogen-bond acceptors (Lipinski definition) is 3. The van der Waals surface area contributed by atoms with Gasteiger partial charge in [-0.05, 0) is 34.9 Å². The van der Waals surface area contributed by atoms with Gasteiger partial charge in [0.1, 0.15) is 11.9 Å². The highest BCUT2D eigenvalue weighted by molar-refractivity contribution is 7.99. The Hall–Kier alpha value is -1.71. The van der Waals surface area contributed by atoms with Crippen LogP contribution < -0.4 is 4.74 Å². The van der Waals surface area contributed by atoms with Crippen LogP contribution in [0.5, 0.6) is 5.75 Å². The van der Waals surface area contributed by atoms with Crippen LogP contribution in [-0.2, 0) is 0 Å². The van der Waals surface area contributed by atoms with E-state index in [2.05, 4.69) is 12.1 Å². The van der Waals surface area contributed by atoms with E-state index in [1.807, 2.05) is 42.5 Å². The highest BCUT2D eigenvalue weighted by atomic mass is 32.2. The standard InChI is InChI=1S/C17H16O2S/c1-19-14-8-6-12(7-9-14)10-13-11-20-16-5-3-2-4-15(16)17(13)18/h2-10,17-18H,11H2,1H3/b13-10+. The Balaban J connectivity index is 1.89. The molecule has 0 radical (unpaired) electrons. The van der Waals surface area contributed by atoms with Gasteiger partial charge < -0.3 is 9.84 Å².